The van der Waals surface area contributed by atoms with Crippen molar-refractivity contribution in [2.75, 3.05) is 0 Å². The Kier molecular flexibility index (Phi) is 5.07. The van der Waals surface area contributed by atoms with E-state index in [1.165, 1.54) is 5.57 Å². The normalized spacial score (nSPS) is 52.8. The first kappa shape index (κ1) is 24.0. The number of fused-ring (bicyclic) bond motifs is 2. The molecule has 0 aromatic carbocycles. The van der Waals surface area contributed by atoms with Crippen LogP contribution in [0, 0.1) is 39.9 Å². The van der Waals surface area contributed by atoms with Gasteiger partial charge >= 0.3 is 0 Å². The zero-order valence-corrected chi connectivity index (χ0v) is 22.5. The van der Waals surface area contributed by atoms with Crippen molar-refractivity contribution >= 4 is 5.78 Å². The van der Waals surface area contributed by atoms with Crippen molar-refractivity contribution in [3.63, 3.8) is 0 Å². The molecular weight excluding hydrogens is 408 g/mol. The lowest BCUT2D eigenvalue weighted by molar-refractivity contribution is -0.170. The van der Waals surface area contributed by atoms with Crippen molar-refractivity contribution < 1.29 is 14.6 Å². The molecule has 0 aromatic rings. The highest BCUT2D eigenvalue weighted by Gasteiger charge is 2.91. The van der Waals surface area contributed by atoms with Crippen LogP contribution in [0.4, 0.5) is 0 Å². The zero-order chi connectivity index (χ0) is 24.2. The van der Waals surface area contributed by atoms with Gasteiger partial charge in [0.1, 0.15) is 17.0 Å². The summed E-state index contributed by atoms with van der Waals surface area (Å²) in [6.45, 7) is 18.1. The first-order valence-electron chi connectivity index (χ1n) is 13.8. The smallest absolute Gasteiger partial charge is 0.138 e. The quantitative estimate of drug-likeness (QED) is 0.371. The highest BCUT2D eigenvalue weighted by Crippen LogP contribution is 2.85. The second-order valence-corrected chi connectivity index (χ2v) is 14.3. The predicted molar refractivity (Wildman–Crippen MR) is 133 cm³/mol. The van der Waals surface area contributed by atoms with Gasteiger partial charge in [0.05, 0.1) is 5.60 Å². The van der Waals surface area contributed by atoms with E-state index < -0.39 is 5.60 Å². The van der Waals surface area contributed by atoms with Gasteiger partial charge in [-0.05, 0) is 95.8 Å². The van der Waals surface area contributed by atoms with Gasteiger partial charge in [0.15, 0.2) is 0 Å². The molecule has 4 aliphatic carbocycles. The number of carbonyl (C=O) groups is 1. The fourth-order valence-electron chi connectivity index (χ4n) is 10.5. The molecule has 5 fully saturated rings. The summed E-state index contributed by atoms with van der Waals surface area (Å²) >= 11 is 0. The van der Waals surface area contributed by atoms with Crippen molar-refractivity contribution in [2.24, 2.45) is 39.9 Å². The molecule has 0 spiro atoms. The Hall–Kier alpha value is -0.670. The Morgan fingerprint density at radius 1 is 1.03 bits per heavy atom. The SMILES string of the molecule is CC(C)=CCC[C@@H](C)[C@H]1CC[C@]2(C)[C@@H](C[C@@]34O[C@]32CC[C@H]2C(C)(C)C(=O)CC[C@@]24C)[C@]1(C)O. The molecule has 3 nitrogen and oxygen atoms in total. The van der Waals surface area contributed by atoms with E-state index in [4.69, 9.17) is 4.74 Å². The fraction of sp³-hybridized carbons (Fsp3) is 0.900. The van der Waals surface area contributed by atoms with Gasteiger partial charge in [-0.1, -0.05) is 46.3 Å². The summed E-state index contributed by atoms with van der Waals surface area (Å²) in [4.78, 5) is 12.9. The largest absolute Gasteiger partial charge is 0.390 e. The lowest BCUT2D eigenvalue weighted by Crippen LogP contribution is -2.59. The van der Waals surface area contributed by atoms with Crippen LogP contribution < -0.4 is 0 Å². The van der Waals surface area contributed by atoms with Gasteiger partial charge < -0.3 is 9.84 Å². The number of hydrogen-bond donors (Lipinski definition) is 1. The van der Waals surface area contributed by atoms with Crippen LogP contribution in [-0.4, -0.2) is 27.7 Å². The maximum absolute atomic E-state index is 12.9. The lowest BCUT2D eigenvalue weighted by atomic mass is 9.45. The average molecular weight is 457 g/mol. The number of hydrogen-bond acceptors (Lipinski definition) is 3. The van der Waals surface area contributed by atoms with Gasteiger partial charge in [0.2, 0.25) is 0 Å². The number of epoxide rings is 1. The van der Waals surface area contributed by atoms with Crippen LogP contribution >= 0.6 is 0 Å². The molecule has 3 heteroatoms. The van der Waals surface area contributed by atoms with Crippen molar-refractivity contribution in [3.8, 4) is 0 Å². The minimum Gasteiger partial charge on any atom is -0.390 e. The summed E-state index contributed by atoms with van der Waals surface area (Å²) in [6, 6.07) is 0. The Balaban J connectivity index is 1.46. The van der Waals surface area contributed by atoms with E-state index >= 15 is 0 Å². The van der Waals surface area contributed by atoms with Gasteiger partial charge in [-0.25, -0.2) is 0 Å². The number of ketones is 1. The Bertz CT molecular complexity index is 881. The van der Waals surface area contributed by atoms with Gasteiger partial charge in [-0.2, -0.15) is 0 Å². The Morgan fingerprint density at radius 3 is 2.36 bits per heavy atom. The second-order valence-electron chi connectivity index (χ2n) is 14.3. The van der Waals surface area contributed by atoms with Gasteiger partial charge in [-0.3, -0.25) is 4.79 Å². The number of rotatable bonds is 4. The summed E-state index contributed by atoms with van der Waals surface area (Å²) in [5, 5.41) is 12.2. The van der Waals surface area contributed by atoms with Crippen molar-refractivity contribution in [1.82, 2.24) is 0 Å². The first-order valence-corrected chi connectivity index (χ1v) is 13.8. The van der Waals surface area contributed by atoms with Gasteiger partial charge in [0.25, 0.3) is 0 Å². The molecule has 0 unspecified atom stereocenters. The summed E-state index contributed by atoms with van der Waals surface area (Å²) in [7, 11) is 0. The number of ether oxygens (including phenoxy) is 1. The maximum Gasteiger partial charge on any atom is 0.138 e. The van der Waals surface area contributed by atoms with Gasteiger partial charge in [0, 0.05) is 22.7 Å². The van der Waals surface area contributed by atoms with E-state index in [-0.39, 0.29) is 33.4 Å². The maximum atomic E-state index is 12.9. The minimum atomic E-state index is -0.662. The number of allylic oxidation sites excluding steroid dienone is 2. The van der Waals surface area contributed by atoms with Crippen molar-refractivity contribution in [3.05, 3.63) is 11.6 Å². The summed E-state index contributed by atoms with van der Waals surface area (Å²) in [5.74, 6) is 1.97. The minimum absolute atomic E-state index is 0.0314. The van der Waals surface area contributed by atoms with Crippen LogP contribution in [0.25, 0.3) is 0 Å². The van der Waals surface area contributed by atoms with Crippen LogP contribution in [-0.2, 0) is 9.53 Å². The van der Waals surface area contributed by atoms with E-state index in [9.17, 15) is 9.90 Å². The van der Waals surface area contributed by atoms with Crippen LogP contribution in [0.15, 0.2) is 11.6 Å². The molecule has 4 saturated carbocycles. The summed E-state index contributed by atoms with van der Waals surface area (Å²) < 4.78 is 7.01. The molecule has 1 aliphatic heterocycles. The lowest BCUT2D eigenvalue weighted by Gasteiger charge is -2.56. The van der Waals surface area contributed by atoms with Crippen LogP contribution in [0.5, 0.6) is 0 Å². The van der Waals surface area contributed by atoms with E-state index in [0.29, 0.717) is 30.0 Å². The monoisotopic (exact) mass is 456 g/mol. The summed E-state index contributed by atoms with van der Waals surface area (Å²) in [5.41, 5.74) is 0.285. The van der Waals surface area contributed by atoms with Crippen molar-refractivity contribution in [1.29, 1.82) is 0 Å². The Morgan fingerprint density at radius 2 is 1.70 bits per heavy atom. The third-order valence-electron chi connectivity index (χ3n) is 12.4. The third kappa shape index (κ3) is 2.73. The molecule has 0 amide bonds. The topological polar surface area (TPSA) is 49.8 Å². The van der Waals surface area contributed by atoms with E-state index in [1.54, 1.807) is 0 Å². The van der Waals surface area contributed by atoms with Gasteiger partial charge in [-0.15, -0.1) is 0 Å². The van der Waals surface area contributed by atoms with E-state index in [0.717, 1.165) is 51.4 Å². The van der Waals surface area contributed by atoms with Crippen LogP contribution in [0.3, 0.4) is 0 Å². The van der Waals surface area contributed by atoms with Crippen LogP contribution in [0.1, 0.15) is 113 Å². The first-order chi connectivity index (χ1) is 15.2. The molecule has 9 atom stereocenters. The standard InChI is InChI=1S/C30H48O3/c1-19(2)10-9-11-20(3)21-12-15-27(7)23(28(21,8)32)18-30-26(6)16-14-24(31)25(4,5)22(26)13-17-29(27,30)33-30/h10,20-23,32H,9,11-18H2,1-8H3/t20-,21-,22+,23-,26+,27-,28-,29+,30+/m1/s1. The Labute approximate surface area is 202 Å². The van der Waals surface area contributed by atoms with Crippen molar-refractivity contribution in [2.45, 2.75) is 130 Å². The number of carbonyl (C=O) groups excluding carboxylic acids is 1. The molecule has 0 bridgehead atoms. The molecule has 0 radical (unpaired) electrons. The van der Waals surface area contributed by atoms with E-state index in [1.807, 2.05) is 0 Å². The van der Waals surface area contributed by atoms with Crippen LogP contribution in [0.2, 0.25) is 0 Å². The number of Topliss-reactive ketones (excluding diaryl/α,β-unsaturated/α-hetero) is 1. The molecule has 0 aromatic heterocycles. The molecule has 1 N–H and O–H groups in total. The fourth-order valence-corrected chi connectivity index (χ4v) is 10.5. The summed E-state index contributed by atoms with van der Waals surface area (Å²) in [6.07, 6.45) is 11.6. The molecule has 1 heterocycles. The average Bonchev–Trinajstić information content (AvgIpc) is 3.34. The molecule has 33 heavy (non-hydrogen) atoms. The highest BCUT2D eigenvalue weighted by molar-refractivity contribution is 5.85. The molecular formula is C30H48O3. The molecule has 5 aliphatic rings. The highest BCUT2D eigenvalue weighted by atomic mass is 16.6. The molecule has 5 rings (SSSR count). The predicted octanol–water partition coefficient (Wildman–Crippen LogP) is 6.87. The second kappa shape index (κ2) is 6.96. The molecule has 186 valence electrons. The zero-order valence-electron chi connectivity index (χ0n) is 22.5. The number of aliphatic hydroxyl groups is 1. The van der Waals surface area contributed by atoms with E-state index in [2.05, 4.69) is 61.5 Å². The third-order valence-corrected chi connectivity index (χ3v) is 12.4. The molecule has 1 saturated heterocycles.